The zero-order valence-electron chi connectivity index (χ0n) is 16.9. The molecule has 0 aromatic heterocycles. The lowest BCUT2D eigenvalue weighted by atomic mass is 9.89. The normalized spacial score (nSPS) is 11.9. The molecule has 0 saturated carbocycles. The van der Waals surface area contributed by atoms with Crippen molar-refractivity contribution in [2.75, 3.05) is 0 Å². The molecule has 0 aliphatic heterocycles. The monoisotopic (exact) mass is 388 g/mol. The summed E-state index contributed by atoms with van der Waals surface area (Å²) < 4.78 is 0. The largest absolute Gasteiger partial charge is 0.107 e. The first-order valence-electron chi connectivity index (χ1n) is 10.2. The van der Waals surface area contributed by atoms with Gasteiger partial charge in [-0.15, -0.1) is 6.58 Å². The summed E-state index contributed by atoms with van der Waals surface area (Å²) in [5.74, 6) is 0. The van der Waals surface area contributed by atoms with Crippen LogP contribution in [-0.4, -0.2) is 8.07 Å². The van der Waals surface area contributed by atoms with E-state index in [1.54, 1.807) is 0 Å². The Morgan fingerprint density at radius 1 is 0.586 bits per heavy atom. The number of hydrogen-bond donors (Lipinski definition) is 0. The molecule has 140 valence electrons. The van der Waals surface area contributed by atoms with Crippen LogP contribution in [0.5, 0.6) is 0 Å². The second-order valence-corrected chi connectivity index (χ2v) is 12.6. The maximum Gasteiger partial charge on any atom is 0.105 e. The van der Waals surface area contributed by atoms with Crippen LogP contribution < -0.4 is 5.19 Å². The molecule has 5 aromatic rings. The molecule has 0 N–H and O–H groups in total. The van der Waals surface area contributed by atoms with Gasteiger partial charge in [-0.05, 0) is 48.6 Å². The average molecular weight is 389 g/mol. The smallest absolute Gasteiger partial charge is 0.105 e. The van der Waals surface area contributed by atoms with E-state index in [1.165, 1.54) is 48.6 Å². The molecule has 5 aromatic carbocycles. The van der Waals surface area contributed by atoms with Crippen molar-refractivity contribution in [1.82, 2.24) is 0 Å². The van der Waals surface area contributed by atoms with Crippen LogP contribution in [0.15, 0.2) is 103 Å². The lowest BCUT2D eigenvalue weighted by Crippen LogP contribution is -2.40. The summed E-state index contributed by atoms with van der Waals surface area (Å²) >= 11 is 0. The lowest BCUT2D eigenvalue weighted by molar-refractivity contribution is 1.70. The van der Waals surface area contributed by atoms with Gasteiger partial charge < -0.3 is 0 Å². The second-order valence-electron chi connectivity index (χ2n) is 8.29. The molecule has 29 heavy (non-hydrogen) atoms. The third-order valence-corrected chi connectivity index (χ3v) is 8.99. The van der Waals surface area contributed by atoms with Crippen molar-refractivity contribution in [2.45, 2.75) is 13.1 Å². The first-order valence-corrected chi connectivity index (χ1v) is 13.3. The Bertz CT molecular complexity index is 1330. The maximum atomic E-state index is 4.21. The maximum absolute atomic E-state index is 4.21. The van der Waals surface area contributed by atoms with Gasteiger partial charge in [0.1, 0.15) is 8.07 Å². The van der Waals surface area contributed by atoms with E-state index in [0.29, 0.717) is 0 Å². The Morgan fingerprint density at radius 3 is 1.66 bits per heavy atom. The van der Waals surface area contributed by atoms with E-state index in [1.807, 2.05) is 0 Å². The van der Waals surface area contributed by atoms with Gasteiger partial charge in [0.2, 0.25) is 0 Å². The van der Waals surface area contributed by atoms with Gasteiger partial charge in [-0.2, -0.15) is 0 Å². The third-order valence-electron chi connectivity index (χ3n) is 6.15. The van der Waals surface area contributed by atoms with Gasteiger partial charge in [0.05, 0.1) is 0 Å². The van der Waals surface area contributed by atoms with Crippen LogP contribution in [0.3, 0.4) is 0 Å². The van der Waals surface area contributed by atoms with Gasteiger partial charge in [0, 0.05) is 0 Å². The summed E-state index contributed by atoms with van der Waals surface area (Å²) in [5, 5.41) is 9.47. The highest BCUT2D eigenvalue weighted by Crippen LogP contribution is 2.39. The fraction of sp³-hybridized carbons (Fsp3) is 0.0714. The van der Waals surface area contributed by atoms with Gasteiger partial charge in [-0.1, -0.05) is 110 Å². The number of benzene rings is 5. The van der Waals surface area contributed by atoms with E-state index < -0.39 is 8.07 Å². The summed E-state index contributed by atoms with van der Waals surface area (Å²) in [7, 11) is -1.80. The zero-order valence-corrected chi connectivity index (χ0v) is 17.9. The number of hydrogen-bond acceptors (Lipinski definition) is 0. The van der Waals surface area contributed by atoms with Gasteiger partial charge >= 0.3 is 0 Å². The summed E-state index contributed by atoms with van der Waals surface area (Å²) in [5.41, 5.74) is 4.85. The molecule has 0 heterocycles. The molecule has 0 nitrogen and oxygen atoms in total. The Kier molecular flexibility index (Phi) is 4.15. The zero-order chi connectivity index (χ0) is 20.0. The Hall–Kier alpha value is -3.16. The van der Waals surface area contributed by atoms with Crippen LogP contribution in [0.25, 0.3) is 43.4 Å². The molecule has 0 radical (unpaired) electrons. The van der Waals surface area contributed by atoms with Crippen molar-refractivity contribution >= 4 is 45.6 Å². The fourth-order valence-corrected chi connectivity index (χ4v) is 6.69. The molecule has 0 fully saturated rings. The minimum absolute atomic E-state index is 1.28. The molecule has 0 aliphatic carbocycles. The lowest BCUT2D eigenvalue weighted by Gasteiger charge is -2.25. The van der Waals surface area contributed by atoms with Crippen LogP contribution in [0, 0.1) is 0 Å². The highest BCUT2D eigenvalue weighted by atomic mass is 28.3. The van der Waals surface area contributed by atoms with E-state index in [-0.39, 0.29) is 0 Å². The fourth-order valence-electron chi connectivity index (χ4n) is 4.66. The summed E-state index contributed by atoms with van der Waals surface area (Å²) in [6, 6.07) is 33.2. The average Bonchev–Trinajstić information content (AvgIpc) is 2.77. The SMILES string of the molecule is C=C[Si](C)(C)c1c2ccccc2c(-c2cccc3ccccc23)c2ccccc12. The van der Waals surface area contributed by atoms with Crippen molar-refractivity contribution in [2.24, 2.45) is 0 Å². The van der Waals surface area contributed by atoms with Crippen molar-refractivity contribution in [3.8, 4) is 11.1 Å². The molecule has 0 atom stereocenters. The Morgan fingerprint density at radius 2 is 1.07 bits per heavy atom. The second kappa shape index (κ2) is 6.72. The molecule has 0 saturated heterocycles. The van der Waals surface area contributed by atoms with Crippen LogP contribution in [0.4, 0.5) is 0 Å². The van der Waals surface area contributed by atoms with Crippen LogP contribution in [0.2, 0.25) is 13.1 Å². The Labute approximate surface area is 173 Å². The first kappa shape index (κ1) is 17.9. The predicted octanol–water partition coefficient (Wildman–Crippen LogP) is 7.45. The topological polar surface area (TPSA) is 0 Å². The van der Waals surface area contributed by atoms with Crippen LogP contribution in [-0.2, 0) is 0 Å². The van der Waals surface area contributed by atoms with Crippen molar-refractivity contribution in [1.29, 1.82) is 0 Å². The molecule has 0 aliphatic rings. The summed E-state index contributed by atoms with van der Waals surface area (Å²) in [6.45, 7) is 8.99. The van der Waals surface area contributed by atoms with Gasteiger partial charge in [-0.3, -0.25) is 0 Å². The Balaban J connectivity index is 2.05. The van der Waals surface area contributed by atoms with Crippen molar-refractivity contribution in [3.05, 3.63) is 103 Å². The van der Waals surface area contributed by atoms with Gasteiger partial charge in [0.15, 0.2) is 0 Å². The predicted molar refractivity (Wildman–Crippen MR) is 132 cm³/mol. The van der Waals surface area contributed by atoms with E-state index >= 15 is 0 Å². The number of fused-ring (bicyclic) bond motifs is 3. The first-order chi connectivity index (χ1) is 14.1. The quantitative estimate of drug-likeness (QED) is 0.222. The molecule has 0 spiro atoms. The molecule has 0 unspecified atom stereocenters. The van der Waals surface area contributed by atoms with E-state index in [9.17, 15) is 0 Å². The summed E-state index contributed by atoms with van der Waals surface area (Å²) in [6.07, 6.45) is 0. The molecule has 5 rings (SSSR count). The van der Waals surface area contributed by atoms with Crippen LogP contribution >= 0.6 is 0 Å². The van der Waals surface area contributed by atoms with Crippen LogP contribution in [0.1, 0.15) is 0 Å². The highest BCUT2D eigenvalue weighted by Gasteiger charge is 2.26. The minimum atomic E-state index is -1.80. The minimum Gasteiger partial charge on any atom is -0.107 e. The molecule has 1 heteroatoms. The van der Waals surface area contributed by atoms with Crippen molar-refractivity contribution < 1.29 is 0 Å². The van der Waals surface area contributed by atoms with E-state index in [0.717, 1.165) is 0 Å². The van der Waals surface area contributed by atoms with Gasteiger partial charge in [0.25, 0.3) is 0 Å². The highest BCUT2D eigenvalue weighted by molar-refractivity contribution is 6.97. The number of rotatable bonds is 3. The van der Waals surface area contributed by atoms with Gasteiger partial charge in [-0.25, -0.2) is 0 Å². The standard InChI is InChI=1S/C28H24Si/c1-4-29(2,3)28-25-17-9-7-15-23(25)27(24-16-8-10-18-26(24)28)22-19-11-13-20-12-5-6-14-21(20)22/h4-19H,1H2,2-3H3. The molecular formula is C28H24Si. The molecule has 0 bridgehead atoms. The van der Waals surface area contributed by atoms with E-state index in [4.69, 9.17) is 0 Å². The van der Waals surface area contributed by atoms with E-state index in [2.05, 4.69) is 116 Å². The summed E-state index contributed by atoms with van der Waals surface area (Å²) in [4.78, 5) is 0. The molecular weight excluding hydrogens is 364 g/mol. The third kappa shape index (κ3) is 2.73. The molecule has 0 amide bonds. The van der Waals surface area contributed by atoms with Crippen molar-refractivity contribution in [3.63, 3.8) is 0 Å².